The molecule has 2 aromatic carbocycles. The summed E-state index contributed by atoms with van der Waals surface area (Å²) in [6.07, 6.45) is 24.6. The molecule has 1 saturated carbocycles. The van der Waals surface area contributed by atoms with Crippen molar-refractivity contribution in [3.05, 3.63) is 59.2 Å². The van der Waals surface area contributed by atoms with E-state index in [-0.39, 0.29) is 0 Å². The molecular weight excluding hydrogens is 518 g/mol. The lowest BCUT2D eigenvalue weighted by Gasteiger charge is -2.28. The maximum absolute atomic E-state index is 12.8. The predicted octanol–water partition coefficient (Wildman–Crippen LogP) is 11.0. The van der Waals surface area contributed by atoms with Crippen LogP contribution in [-0.4, -0.2) is 12.6 Å². The van der Waals surface area contributed by atoms with E-state index in [9.17, 15) is 10.1 Å². The fourth-order valence-electron chi connectivity index (χ4n) is 6.22. The van der Waals surface area contributed by atoms with Crippen LogP contribution in [-0.2, 0) is 6.42 Å². The van der Waals surface area contributed by atoms with E-state index in [4.69, 9.17) is 9.47 Å². The summed E-state index contributed by atoms with van der Waals surface area (Å²) in [6.45, 7) is 5.21. The fourth-order valence-corrected chi connectivity index (χ4v) is 6.22. The molecule has 0 unspecified atom stereocenters. The van der Waals surface area contributed by atoms with Crippen LogP contribution in [0.25, 0.3) is 0 Å². The second-order valence-electron chi connectivity index (χ2n) is 12.5. The van der Waals surface area contributed by atoms with Crippen LogP contribution in [0.4, 0.5) is 0 Å². The van der Waals surface area contributed by atoms with Gasteiger partial charge in [0, 0.05) is 0 Å². The van der Waals surface area contributed by atoms with Crippen LogP contribution < -0.4 is 9.47 Å². The minimum Gasteiger partial charge on any atom is -0.494 e. The monoisotopic (exact) mass is 573 g/mol. The van der Waals surface area contributed by atoms with E-state index in [1.165, 1.54) is 109 Å². The molecule has 0 N–H and O–H groups in total. The molecule has 0 atom stereocenters. The van der Waals surface area contributed by atoms with Crippen LogP contribution in [0.2, 0.25) is 0 Å². The standard InChI is InChI=1S/C38H55NO3/c1-3-5-7-9-10-12-14-28-41-36-25-23-34(24-26-36)38(40)42-37-27-22-33(29-35(37)30-39)21-20-32-18-16-31(17-19-32)15-13-11-8-6-4-2/h22-27,29,31-32H,3-21,28H2,1-2H3/t31-,32-. The van der Waals surface area contributed by atoms with Crippen LogP contribution >= 0.6 is 0 Å². The molecule has 0 radical (unpaired) electrons. The molecule has 0 bridgehead atoms. The third-order valence-corrected chi connectivity index (χ3v) is 9.00. The number of carbonyl (C=O) groups is 1. The van der Waals surface area contributed by atoms with Crippen molar-refractivity contribution in [3.63, 3.8) is 0 Å². The lowest BCUT2D eigenvalue weighted by Crippen LogP contribution is -2.15. The van der Waals surface area contributed by atoms with E-state index in [2.05, 4.69) is 19.9 Å². The molecule has 1 aliphatic rings. The number of hydrogen-bond acceptors (Lipinski definition) is 4. The molecule has 0 saturated heterocycles. The highest BCUT2D eigenvalue weighted by Gasteiger charge is 2.21. The van der Waals surface area contributed by atoms with Gasteiger partial charge in [-0.3, -0.25) is 0 Å². The van der Waals surface area contributed by atoms with Gasteiger partial charge in [0.1, 0.15) is 17.6 Å². The average Bonchev–Trinajstić information content (AvgIpc) is 3.02. The van der Waals surface area contributed by atoms with Gasteiger partial charge < -0.3 is 9.47 Å². The van der Waals surface area contributed by atoms with Crippen LogP contribution in [0.3, 0.4) is 0 Å². The first-order valence-corrected chi connectivity index (χ1v) is 17.1. The number of ether oxygens (including phenoxy) is 2. The Morgan fingerprint density at radius 1 is 0.762 bits per heavy atom. The van der Waals surface area contributed by atoms with Crippen LogP contribution in [0, 0.1) is 23.2 Å². The predicted molar refractivity (Wildman–Crippen MR) is 173 cm³/mol. The molecule has 0 aliphatic heterocycles. The van der Waals surface area contributed by atoms with Crippen LogP contribution in [0.15, 0.2) is 42.5 Å². The van der Waals surface area contributed by atoms with Crippen molar-refractivity contribution in [2.75, 3.05) is 6.61 Å². The zero-order valence-corrected chi connectivity index (χ0v) is 26.5. The Hall–Kier alpha value is -2.80. The Morgan fingerprint density at radius 3 is 2.00 bits per heavy atom. The highest BCUT2D eigenvalue weighted by atomic mass is 16.5. The number of carbonyl (C=O) groups excluding carboxylic acids is 1. The van der Waals surface area contributed by atoms with Gasteiger partial charge in [-0.1, -0.05) is 123 Å². The first kappa shape index (κ1) is 33.7. The molecule has 3 rings (SSSR count). The zero-order valence-electron chi connectivity index (χ0n) is 26.5. The van der Waals surface area contributed by atoms with Crippen molar-refractivity contribution in [1.29, 1.82) is 5.26 Å². The van der Waals surface area contributed by atoms with E-state index < -0.39 is 5.97 Å². The molecule has 0 amide bonds. The van der Waals surface area contributed by atoms with Crippen LogP contribution in [0.5, 0.6) is 11.5 Å². The summed E-state index contributed by atoms with van der Waals surface area (Å²) in [4.78, 5) is 12.8. The maximum Gasteiger partial charge on any atom is 0.343 e. The van der Waals surface area contributed by atoms with E-state index in [0.29, 0.717) is 23.5 Å². The number of hydrogen-bond donors (Lipinski definition) is 0. The van der Waals surface area contributed by atoms with E-state index in [1.54, 1.807) is 18.2 Å². The van der Waals surface area contributed by atoms with Crippen molar-refractivity contribution < 1.29 is 14.3 Å². The van der Waals surface area contributed by atoms with Crippen LogP contribution in [0.1, 0.15) is 151 Å². The molecule has 42 heavy (non-hydrogen) atoms. The number of aryl methyl sites for hydroxylation is 1. The molecular formula is C38H55NO3. The number of nitrogens with zero attached hydrogens (tertiary/aromatic N) is 1. The lowest BCUT2D eigenvalue weighted by atomic mass is 9.77. The Kier molecular flexibility index (Phi) is 16.2. The van der Waals surface area contributed by atoms with Gasteiger partial charge in [0.2, 0.25) is 0 Å². The topological polar surface area (TPSA) is 59.3 Å². The van der Waals surface area contributed by atoms with Gasteiger partial charge in [0.05, 0.1) is 17.7 Å². The van der Waals surface area contributed by atoms with Gasteiger partial charge >= 0.3 is 5.97 Å². The van der Waals surface area contributed by atoms with Crippen molar-refractivity contribution in [2.24, 2.45) is 11.8 Å². The molecule has 1 fully saturated rings. The number of unbranched alkanes of at least 4 members (excludes halogenated alkanes) is 10. The molecule has 0 aromatic heterocycles. The largest absolute Gasteiger partial charge is 0.494 e. The Bertz CT molecular complexity index is 1060. The molecule has 1 aliphatic carbocycles. The average molecular weight is 574 g/mol. The van der Waals surface area contributed by atoms with Gasteiger partial charge in [-0.25, -0.2) is 4.79 Å². The fraction of sp³-hybridized carbons (Fsp3) is 0.632. The summed E-state index contributed by atoms with van der Waals surface area (Å²) < 4.78 is 11.5. The third-order valence-electron chi connectivity index (χ3n) is 9.00. The van der Waals surface area contributed by atoms with Gasteiger partial charge in [-0.15, -0.1) is 0 Å². The second kappa shape index (κ2) is 20.2. The van der Waals surface area contributed by atoms with E-state index in [0.717, 1.165) is 36.0 Å². The van der Waals surface area contributed by atoms with Gasteiger partial charge in [0.15, 0.2) is 0 Å². The van der Waals surface area contributed by atoms with E-state index in [1.807, 2.05) is 24.3 Å². The maximum atomic E-state index is 12.8. The summed E-state index contributed by atoms with van der Waals surface area (Å²) in [6, 6.07) is 15.0. The SMILES string of the molecule is CCCCCCCCCOc1ccc(C(=O)Oc2ccc(CC[C@H]3CC[C@H](CCCCCCC)CC3)cc2C#N)cc1. The van der Waals surface area contributed by atoms with Crippen molar-refractivity contribution in [3.8, 4) is 17.6 Å². The molecule has 0 spiro atoms. The minimum atomic E-state index is -0.458. The van der Waals surface area contributed by atoms with Crippen molar-refractivity contribution in [2.45, 2.75) is 136 Å². The molecule has 0 heterocycles. The van der Waals surface area contributed by atoms with Gasteiger partial charge in [-0.2, -0.15) is 5.26 Å². The summed E-state index contributed by atoms with van der Waals surface area (Å²) in [5, 5.41) is 9.74. The Morgan fingerprint density at radius 2 is 1.36 bits per heavy atom. The molecule has 2 aromatic rings. The molecule has 4 nitrogen and oxygen atoms in total. The Labute approximate surface area is 256 Å². The smallest absolute Gasteiger partial charge is 0.343 e. The highest BCUT2D eigenvalue weighted by Crippen LogP contribution is 2.34. The number of rotatable bonds is 20. The number of nitriles is 1. The molecule has 230 valence electrons. The van der Waals surface area contributed by atoms with Crippen molar-refractivity contribution >= 4 is 5.97 Å². The highest BCUT2D eigenvalue weighted by molar-refractivity contribution is 5.91. The summed E-state index contributed by atoms with van der Waals surface area (Å²) in [5.74, 6) is 2.34. The second-order valence-corrected chi connectivity index (χ2v) is 12.5. The molecule has 4 heteroatoms. The van der Waals surface area contributed by atoms with Gasteiger partial charge in [-0.05, 0) is 73.1 Å². The Balaban J connectivity index is 1.37. The minimum absolute atomic E-state index is 0.324. The quantitative estimate of drug-likeness (QED) is 0.0898. The van der Waals surface area contributed by atoms with Gasteiger partial charge in [0.25, 0.3) is 0 Å². The first-order chi connectivity index (χ1) is 20.6. The first-order valence-electron chi connectivity index (χ1n) is 17.1. The summed E-state index contributed by atoms with van der Waals surface area (Å²) >= 11 is 0. The third kappa shape index (κ3) is 12.6. The van der Waals surface area contributed by atoms with Crippen molar-refractivity contribution in [1.82, 2.24) is 0 Å². The normalized spacial score (nSPS) is 16.6. The lowest BCUT2D eigenvalue weighted by molar-refractivity contribution is 0.0734. The van der Waals surface area contributed by atoms with E-state index >= 15 is 0 Å². The summed E-state index contributed by atoms with van der Waals surface area (Å²) in [7, 11) is 0. The summed E-state index contributed by atoms with van der Waals surface area (Å²) in [5.41, 5.74) is 2.01. The zero-order chi connectivity index (χ0) is 29.8. The number of esters is 1. The number of benzene rings is 2.